The number of nitrogens with two attached hydrogens (primary N) is 1. The lowest BCUT2D eigenvalue weighted by Crippen LogP contribution is -2.11. The molecule has 5 heteroatoms. The van der Waals surface area contributed by atoms with Gasteiger partial charge < -0.3 is 10.5 Å². The number of amidine groups is 1. The molecule has 0 unspecified atom stereocenters. The van der Waals surface area contributed by atoms with Gasteiger partial charge in [0.1, 0.15) is 11.6 Å². The first-order chi connectivity index (χ1) is 8.15. The van der Waals surface area contributed by atoms with Gasteiger partial charge in [0.15, 0.2) is 0 Å². The monoisotopic (exact) mass is 228 g/mol. The Bertz CT molecular complexity index is 536. The standard InChI is InChI=1S/C12H12N4O/c1-8-2-3-10(7-16-8)17-11-6-9(12(13)14)4-5-15-11/h2-7H,1H3,(H3,13,14). The number of aromatic nitrogens is 2. The zero-order valence-corrected chi connectivity index (χ0v) is 9.34. The lowest BCUT2D eigenvalue weighted by molar-refractivity contribution is 0.460. The van der Waals surface area contributed by atoms with Gasteiger partial charge in [-0.25, -0.2) is 4.98 Å². The summed E-state index contributed by atoms with van der Waals surface area (Å²) in [5, 5.41) is 7.32. The zero-order chi connectivity index (χ0) is 12.3. The smallest absolute Gasteiger partial charge is 0.219 e. The molecule has 0 fully saturated rings. The van der Waals surface area contributed by atoms with Crippen LogP contribution in [0, 0.1) is 12.3 Å². The van der Waals surface area contributed by atoms with Crippen molar-refractivity contribution in [3.8, 4) is 11.6 Å². The van der Waals surface area contributed by atoms with Crippen molar-refractivity contribution in [1.82, 2.24) is 9.97 Å². The Hall–Kier alpha value is -2.43. The van der Waals surface area contributed by atoms with Crippen molar-refractivity contribution in [1.29, 1.82) is 5.41 Å². The Morgan fingerprint density at radius 3 is 2.76 bits per heavy atom. The molecule has 0 radical (unpaired) electrons. The van der Waals surface area contributed by atoms with Gasteiger partial charge in [-0.05, 0) is 25.1 Å². The van der Waals surface area contributed by atoms with Gasteiger partial charge in [0.2, 0.25) is 5.88 Å². The fourth-order valence-corrected chi connectivity index (χ4v) is 1.27. The third kappa shape index (κ3) is 2.78. The van der Waals surface area contributed by atoms with E-state index in [1.165, 1.54) is 0 Å². The van der Waals surface area contributed by atoms with Gasteiger partial charge in [0.05, 0.1) is 6.20 Å². The normalized spacial score (nSPS) is 9.94. The summed E-state index contributed by atoms with van der Waals surface area (Å²) in [5.74, 6) is 0.978. The van der Waals surface area contributed by atoms with Crippen molar-refractivity contribution in [3.05, 3.63) is 47.9 Å². The molecule has 5 nitrogen and oxygen atoms in total. The second kappa shape index (κ2) is 4.61. The molecule has 0 atom stereocenters. The van der Waals surface area contributed by atoms with E-state index in [1.54, 1.807) is 24.5 Å². The largest absolute Gasteiger partial charge is 0.437 e. The first-order valence-corrected chi connectivity index (χ1v) is 5.06. The number of ether oxygens (including phenoxy) is 1. The minimum Gasteiger partial charge on any atom is -0.437 e. The lowest BCUT2D eigenvalue weighted by atomic mass is 10.2. The highest BCUT2D eigenvalue weighted by atomic mass is 16.5. The molecule has 0 bridgehead atoms. The Balaban J connectivity index is 2.21. The van der Waals surface area contributed by atoms with E-state index in [0.29, 0.717) is 17.2 Å². The molecule has 0 aliphatic carbocycles. The average Bonchev–Trinajstić information content (AvgIpc) is 2.32. The van der Waals surface area contributed by atoms with Gasteiger partial charge in [0, 0.05) is 23.5 Å². The van der Waals surface area contributed by atoms with Crippen LogP contribution in [0.25, 0.3) is 0 Å². The molecule has 2 heterocycles. The van der Waals surface area contributed by atoms with Crippen LogP contribution in [-0.4, -0.2) is 15.8 Å². The molecule has 2 rings (SSSR count). The minimum absolute atomic E-state index is 0.0146. The van der Waals surface area contributed by atoms with E-state index in [4.69, 9.17) is 15.9 Å². The molecule has 0 spiro atoms. The number of nitrogen functional groups attached to an aromatic ring is 1. The van der Waals surface area contributed by atoms with Gasteiger partial charge in [-0.2, -0.15) is 0 Å². The molecule has 0 saturated heterocycles. The molecule has 0 amide bonds. The Kier molecular flexibility index (Phi) is 3.00. The summed E-state index contributed by atoms with van der Waals surface area (Å²) >= 11 is 0. The van der Waals surface area contributed by atoms with Gasteiger partial charge in [0.25, 0.3) is 0 Å². The van der Waals surface area contributed by atoms with Crippen LogP contribution in [0.4, 0.5) is 0 Å². The molecule has 0 aliphatic rings. The summed E-state index contributed by atoms with van der Waals surface area (Å²) in [6.07, 6.45) is 3.17. The van der Waals surface area contributed by atoms with Crippen molar-refractivity contribution >= 4 is 5.84 Å². The molecule has 0 saturated carbocycles. The van der Waals surface area contributed by atoms with E-state index in [0.717, 1.165) is 5.69 Å². The third-order valence-electron chi connectivity index (χ3n) is 2.15. The summed E-state index contributed by atoms with van der Waals surface area (Å²) in [7, 11) is 0. The fraction of sp³-hybridized carbons (Fsp3) is 0.0833. The first kappa shape index (κ1) is 11.1. The van der Waals surface area contributed by atoms with E-state index in [9.17, 15) is 0 Å². The summed E-state index contributed by atoms with van der Waals surface area (Å²) < 4.78 is 5.50. The van der Waals surface area contributed by atoms with Crippen molar-refractivity contribution in [2.45, 2.75) is 6.92 Å². The number of pyridine rings is 2. The van der Waals surface area contributed by atoms with E-state index >= 15 is 0 Å². The molecule has 3 N–H and O–H groups in total. The van der Waals surface area contributed by atoms with Crippen LogP contribution in [-0.2, 0) is 0 Å². The van der Waals surface area contributed by atoms with Crippen molar-refractivity contribution in [2.75, 3.05) is 0 Å². The molecule has 2 aromatic heterocycles. The van der Waals surface area contributed by atoms with Crippen LogP contribution in [0.15, 0.2) is 36.7 Å². The second-order valence-electron chi connectivity index (χ2n) is 3.53. The van der Waals surface area contributed by atoms with Gasteiger partial charge >= 0.3 is 0 Å². The molecule has 86 valence electrons. The zero-order valence-electron chi connectivity index (χ0n) is 9.34. The summed E-state index contributed by atoms with van der Waals surface area (Å²) in [6, 6.07) is 6.93. The number of hydrogen-bond acceptors (Lipinski definition) is 4. The summed E-state index contributed by atoms with van der Waals surface area (Å²) in [4.78, 5) is 8.15. The molecular formula is C12H12N4O. The van der Waals surface area contributed by atoms with Crippen LogP contribution in [0.3, 0.4) is 0 Å². The van der Waals surface area contributed by atoms with E-state index in [-0.39, 0.29) is 5.84 Å². The van der Waals surface area contributed by atoms with Gasteiger partial charge in [-0.15, -0.1) is 0 Å². The van der Waals surface area contributed by atoms with Crippen molar-refractivity contribution < 1.29 is 4.74 Å². The number of hydrogen-bond donors (Lipinski definition) is 2. The van der Waals surface area contributed by atoms with E-state index in [2.05, 4.69) is 9.97 Å². The maximum atomic E-state index is 7.32. The van der Waals surface area contributed by atoms with Gasteiger partial charge in [-0.1, -0.05) is 0 Å². The maximum absolute atomic E-state index is 7.32. The Morgan fingerprint density at radius 2 is 2.12 bits per heavy atom. The molecule has 0 aliphatic heterocycles. The van der Waals surface area contributed by atoms with E-state index < -0.39 is 0 Å². The highest BCUT2D eigenvalue weighted by Crippen LogP contribution is 2.18. The van der Waals surface area contributed by atoms with Crippen LogP contribution in [0.5, 0.6) is 11.6 Å². The Labute approximate surface area is 98.8 Å². The number of aryl methyl sites for hydroxylation is 1. The molecule has 0 aromatic carbocycles. The predicted octanol–water partition coefficient (Wildman–Crippen LogP) is 1.86. The van der Waals surface area contributed by atoms with Crippen molar-refractivity contribution in [3.63, 3.8) is 0 Å². The maximum Gasteiger partial charge on any atom is 0.219 e. The highest BCUT2D eigenvalue weighted by Gasteiger charge is 2.02. The average molecular weight is 228 g/mol. The number of nitrogens with one attached hydrogen (secondary N) is 1. The SMILES string of the molecule is Cc1ccc(Oc2cc(C(=N)N)ccn2)cn1. The molecule has 2 aromatic rings. The summed E-state index contributed by atoms with van der Waals surface area (Å²) in [6.45, 7) is 1.90. The summed E-state index contributed by atoms with van der Waals surface area (Å²) in [5.41, 5.74) is 6.88. The second-order valence-corrected chi connectivity index (χ2v) is 3.53. The van der Waals surface area contributed by atoms with Crippen molar-refractivity contribution in [2.24, 2.45) is 5.73 Å². The lowest BCUT2D eigenvalue weighted by Gasteiger charge is -2.05. The number of nitrogens with zero attached hydrogens (tertiary/aromatic N) is 2. The fourth-order valence-electron chi connectivity index (χ4n) is 1.27. The Morgan fingerprint density at radius 1 is 1.29 bits per heavy atom. The first-order valence-electron chi connectivity index (χ1n) is 5.06. The minimum atomic E-state index is -0.0146. The number of rotatable bonds is 3. The highest BCUT2D eigenvalue weighted by molar-refractivity contribution is 5.95. The predicted molar refractivity (Wildman–Crippen MR) is 64.3 cm³/mol. The topological polar surface area (TPSA) is 84.9 Å². The van der Waals surface area contributed by atoms with Crippen LogP contribution in [0.1, 0.15) is 11.3 Å². The third-order valence-corrected chi connectivity index (χ3v) is 2.15. The molecule has 17 heavy (non-hydrogen) atoms. The van der Waals surface area contributed by atoms with Gasteiger partial charge in [-0.3, -0.25) is 10.4 Å². The van der Waals surface area contributed by atoms with E-state index in [1.807, 2.05) is 19.1 Å². The van der Waals surface area contributed by atoms with Crippen LogP contribution >= 0.6 is 0 Å². The van der Waals surface area contributed by atoms with Crippen LogP contribution < -0.4 is 10.5 Å². The quantitative estimate of drug-likeness (QED) is 0.620. The molecular weight excluding hydrogens is 216 g/mol. The van der Waals surface area contributed by atoms with Crippen LogP contribution in [0.2, 0.25) is 0 Å².